The Kier molecular flexibility index (Phi) is 10.5. The van der Waals surface area contributed by atoms with E-state index in [1.54, 1.807) is 30.4 Å². The van der Waals surface area contributed by atoms with Crippen molar-refractivity contribution in [1.82, 2.24) is 10.2 Å². The lowest BCUT2D eigenvalue weighted by atomic mass is 9.77. The molecular weight excluding hydrogens is 543 g/mol. The molecule has 0 saturated heterocycles. The molecule has 4 unspecified atom stereocenters. The molecule has 0 radical (unpaired) electrons. The van der Waals surface area contributed by atoms with Crippen molar-refractivity contribution in [2.75, 3.05) is 26.8 Å². The topological polar surface area (TPSA) is 125 Å². The maximum Gasteiger partial charge on any atom is 0.247 e. The molecule has 2 aliphatic rings. The number of unbranched alkanes of at least 4 members (excludes halogenated alkanes) is 2. The number of hydrogen-bond donors (Lipinski definition) is 3. The van der Waals surface area contributed by atoms with Gasteiger partial charge in [0.05, 0.1) is 25.7 Å². The fourth-order valence-corrected chi connectivity index (χ4v) is 5.65. The molecule has 2 aromatic rings. The predicted molar refractivity (Wildman–Crippen MR) is 154 cm³/mol. The van der Waals surface area contributed by atoms with Gasteiger partial charge in [0, 0.05) is 36.2 Å². The molecular formula is C32H37FN2O7. The average Bonchev–Trinajstić information content (AvgIpc) is 3.38. The fourth-order valence-electron chi connectivity index (χ4n) is 5.65. The summed E-state index contributed by atoms with van der Waals surface area (Å²) in [6.07, 6.45) is 4.49. The largest absolute Gasteiger partial charge is 0.493 e. The highest BCUT2D eigenvalue weighted by Crippen LogP contribution is 2.51. The van der Waals surface area contributed by atoms with E-state index >= 15 is 0 Å². The van der Waals surface area contributed by atoms with Crippen molar-refractivity contribution in [2.45, 2.75) is 56.3 Å². The lowest BCUT2D eigenvalue weighted by molar-refractivity contribution is -0.137. The van der Waals surface area contributed by atoms with Crippen molar-refractivity contribution in [1.29, 1.82) is 0 Å². The number of carbonyl (C=O) groups is 3. The van der Waals surface area contributed by atoms with Crippen LogP contribution in [0.2, 0.25) is 0 Å². The van der Waals surface area contributed by atoms with Gasteiger partial charge in [0.1, 0.15) is 24.3 Å². The second kappa shape index (κ2) is 14.2. The zero-order chi connectivity index (χ0) is 30.2. The summed E-state index contributed by atoms with van der Waals surface area (Å²) < 4.78 is 25.6. The standard InChI is InChI=1S/C32H37FN2O7/c1-3-4-5-6-10-27(38)35(13-11-20-8-7-9-22(33)15-20)25-18-24(32(40)34-12-14-36)28-23-16-21(19-37)17-26(41-2)30(23)42-31(28)29(25)39/h3,7-9,15-19,25,28-29,31,36,39H,1,4-6,10-14H2,2H3,(H,34,40). The van der Waals surface area contributed by atoms with E-state index in [-0.39, 0.29) is 49.2 Å². The molecule has 42 heavy (non-hydrogen) atoms. The van der Waals surface area contributed by atoms with Gasteiger partial charge < -0.3 is 29.9 Å². The number of hydrogen-bond acceptors (Lipinski definition) is 7. The molecule has 9 nitrogen and oxygen atoms in total. The number of carbonyl (C=O) groups excluding carboxylic acids is 3. The molecule has 0 aromatic heterocycles. The quantitative estimate of drug-likeness (QED) is 0.178. The highest BCUT2D eigenvalue weighted by atomic mass is 19.1. The van der Waals surface area contributed by atoms with E-state index in [9.17, 15) is 29.0 Å². The van der Waals surface area contributed by atoms with E-state index in [2.05, 4.69) is 11.9 Å². The van der Waals surface area contributed by atoms with E-state index in [1.165, 1.54) is 30.2 Å². The summed E-state index contributed by atoms with van der Waals surface area (Å²) >= 11 is 0. The number of halogens is 1. The van der Waals surface area contributed by atoms with Crippen LogP contribution in [0.3, 0.4) is 0 Å². The molecule has 0 saturated carbocycles. The van der Waals surface area contributed by atoms with Crippen LogP contribution in [0.15, 0.2) is 60.7 Å². The number of aldehydes is 1. The van der Waals surface area contributed by atoms with Crippen molar-refractivity contribution in [3.05, 3.63) is 83.2 Å². The van der Waals surface area contributed by atoms with Gasteiger partial charge in [-0.3, -0.25) is 14.4 Å². The molecule has 0 fully saturated rings. The second-order valence-corrected chi connectivity index (χ2v) is 10.4. The Bertz CT molecular complexity index is 1340. The number of benzene rings is 2. The number of aliphatic hydroxyl groups excluding tert-OH is 2. The molecule has 1 aliphatic carbocycles. The number of nitrogens with zero attached hydrogens (tertiary/aromatic N) is 1. The Morgan fingerprint density at radius 3 is 2.74 bits per heavy atom. The molecule has 0 spiro atoms. The Morgan fingerprint density at radius 2 is 2.05 bits per heavy atom. The van der Waals surface area contributed by atoms with Gasteiger partial charge in [0.15, 0.2) is 11.5 Å². The molecule has 0 bridgehead atoms. The van der Waals surface area contributed by atoms with Crippen LogP contribution in [-0.2, 0) is 16.0 Å². The minimum absolute atomic E-state index is 0.00227. The van der Waals surface area contributed by atoms with Crippen molar-refractivity contribution in [3.8, 4) is 11.5 Å². The maximum atomic E-state index is 13.9. The van der Waals surface area contributed by atoms with E-state index in [1.807, 2.05) is 0 Å². The highest BCUT2D eigenvalue weighted by Gasteiger charge is 2.51. The lowest BCUT2D eigenvalue weighted by Gasteiger charge is -2.41. The third-order valence-corrected chi connectivity index (χ3v) is 7.67. The first-order chi connectivity index (χ1) is 20.3. The minimum atomic E-state index is -1.24. The molecule has 10 heteroatoms. The molecule has 1 aliphatic heterocycles. The summed E-state index contributed by atoms with van der Waals surface area (Å²) in [4.78, 5) is 40.3. The van der Waals surface area contributed by atoms with Crippen LogP contribution in [0.4, 0.5) is 4.39 Å². The smallest absolute Gasteiger partial charge is 0.247 e. The van der Waals surface area contributed by atoms with E-state index < -0.39 is 30.1 Å². The van der Waals surface area contributed by atoms with Gasteiger partial charge in [0.25, 0.3) is 0 Å². The van der Waals surface area contributed by atoms with Crippen molar-refractivity contribution < 1.29 is 38.5 Å². The van der Waals surface area contributed by atoms with Crippen LogP contribution < -0.4 is 14.8 Å². The van der Waals surface area contributed by atoms with E-state index in [4.69, 9.17) is 9.47 Å². The van der Waals surface area contributed by atoms with Crippen molar-refractivity contribution in [3.63, 3.8) is 0 Å². The third kappa shape index (κ3) is 6.71. The first-order valence-corrected chi connectivity index (χ1v) is 14.1. The maximum absolute atomic E-state index is 13.9. The number of aliphatic hydroxyl groups is 2. The highest BCUT2D eigenvalue weighted by molar-refractivity contribution is 5.96. The second-order valence-electron chi connectivity index (χ2n) is 10.4. The molecule has 2 aromatic carbocycles. The average molecular weight is 581 g/mol. The van der Waals surface area contributed by atoms with Gasteiger partial charge >= 0.3 is 0 Å². The zero-order valence-electron chi connectivity index (χ0n) is 23.6. The van der Waals surface area contributed by atoms with Gasteiger partial charge in [-0.15, -0.1) is 6.58 Å². The molecule has 4 rings (SSSR count). The van der Waals surface area contributed by atoms with Gasteiger partial charge in [-0.1, -0.05) is 18.2 Å². The molecule has 3 N–H and O–H groups in total. The summed E-state index contributed by atoms with van der Waals surface area (Å²) in [6, 6.07) is 8.28. The third-order valence-electron chi connectivity index (χ3n) is 7.67. The van der Waals surface area contributed by atoms with Gasteiger partial charge in [-0.05, 0) is 61.6 Å². The van der Waals surface area contributed by atoms with Gasteiger partial charge in [0.2, 0.25) is 11.8 Å². The lowest BCUT2D eigenvalue weighted by Crippen LogP contribution is -2.56. The summed E-state index contributed by atoms with van der Waals surface area (Å²) in [5, 5.41) is 23.7. The number of allylic oxidation sites excluding steroid dienone is 1. The molecule has 224 valence electrons. The van der Waals surface area contributed by atoms with Gasteiger partial charge in [-0.25, -0.2) is 4.39 Å². The SMILES string of the molecule is C=CCCCCC(=O)N(CCc1cccc(F)c1)C1C=C(C(=O)NCCO)C2c3cc(C=O)cc(OC)c3OC2C1O. The summed E-state index contributed by atoms with van der Waals surface area (Å²) in [7, 11) is 1.43. The van der Waals surface area contributed by atoms with Crippen LogP contribution in [0.25, 0.3) is 0 Å². The van der Waals surface area contributed by atoms with Crippen LogP contribution >= 0.6 is 0 Å². The Morgan fingerprint density at radius 1 is 1.24 bits per heavy atom. The normalized spacial score (nSPS) is 20.4. The van der Waals surface area contributed by atoms with Crippen LogP contribution in [0.5, 0.6) is 11.5 Å². The Labute approximate surface area is 244 Å². The molecule has 4 atom stereocenters. The first-order valence-electron chi connectivity index (χ1n) is 14.1. The Balaban J connectivity index is 1.74. The van der Waals surface area contributed by atoms with E-state index in [0.29, 0.717) is 41.6 Å². The number of fused-ring (bicyclic) bond motifs is 3. The molecule has 2 amide bonds. The van der Waals surface area contributed by atoms with Gasteiger partial charge in [-0.2, -0.15) is 0 Å². The Hall–Kier alpha value is -4.02. The first kappa shape index (κ1) is 30.9. The van der Waals surface area contributed by atoms with Crippen LogP contribution in [-0.4, -0.2) is 78.3 Å². The number of methoxy groups -OCH3 is 1. The fraction of sp³-hybridized carbons (Fsp3) is 0.406. The van der Waals surface area contributed by atoms with Crippen molar-refractivity contribution >= 4 is 18.1 Å². The van der Waals surface area contributed by atoms with Crippen LogP contribution in [0, 0.1) is 5.82 Å². The van der Waals surface area contributed by atoms with Crippen LogP contribution in [0.1, 0.15) is 53.1 Å². The summed E-state index contributed by atoms with van der Waals surface area (Å²) in [5.41, 5.74) is 1.74. The molecule has 1 heterocycles. The number of rotatable bonds is 14. The van der Waals surface area contributed by atoms with E-state index in [0.717, 1.165) is 12.8 Å². The number of ether oxygens (including phenoxy) is 2. The predicted octanol–water partition coefficient (Wildman–Crippen LogP) is 3.09. The number of nitrogens with one attached hydrogen (secondary N) is 1. The zero-order valence-corrected chi connectivity index (χ0v) is 23.6. The monoisotopic (exact) mass is 580 g/mol. The number of amides is 2. The minimum Gasteiger partial charge on any atom is -0.493 e. The van der Waals surface area contributed by atoms with Crippen molar-refractivity contribution in [2.24, 2.45) is 0 Å². The summed E-state index contributed by atoms with van der Waals surface area (Å²) in [6.45, 7) is 3.60. The summed E-state index contributed by atoms with van der Waals surface area (Å²) in [5.74, 6) is -1.28.